The zero-order valence-electron chi connectivity index (χ0n) is 9.78. The van der Waals surface area contributed by atoms with Crippen molar-refractivity contribution in [1.82, 2.24) is 0 Å². The van der Waals surface area contributed by atoms with E-state index >= 15 is 0 Å². The van der Waals surface area contributed by atoms with Gasteiger partial charge in [0.05, 0.1) is 6.61 Å². The van der Waals surface area contributed by atoms with E-state index in [1.807, 2.05) is 12.1 Å². The molecule has 0 aromatic heterocycles. The Hall–Kier alpha value is -1.28. The smallest absolute Gasteiger partial charge is 0.126 e. The van der Waals surface area contributed by atoms with E-state index in [0.29, 0.717) is 0 Å². The van der Waals surface area contributed by atoms with E-state index in [0.717, 1.165) is 31.6 Å². The molecule has 1 unspecified atom stereocenters. The molecule has 1 aliphatic carbocycles. The molecule has 0 fully saturated rings. The summed E-state index contributed by atoms with van der Waals surface area (Å²) in [5.41, 5.74) is 8.44. The van der Waals surface area contributed by atoms with Crippen molar-refractivity contribution in [2.45, 2.75) is 32.2 Å². The summed E-state index contributed by atoms with van der Waals surface area (Å²) in [6.07, 6.45) is 5.31. The van der Waals surface area contributed by atoms with Gasteiger partial charge in [-0.3, -0.25) is 0 Å². The van der Waals surface area contributed by atoms with Gasteiger partial charge in [-0.05, 0) is 30.9 Å². The molecule has 0 heterocycles. The Balaban J connectivity index is 2.22. The Morgan fingerprint density at radius 2 is 2.19 bits per heavy atom. The Kier molecular flexibility index (Phi) is 3.62. The van der Waals surface area contributed by atoms with Crippen LogP contribution in [0.2, 0.25) is 0 Å². The molecule has 1 aliphatic rings. The van der Waals surface area contributed by atoms with Gasteiger partial charge in [0.25, 0.3) is 0 Å². The highest BCUT2D eigenvalue weighted by Gasteiger charge is 2.16. The largest absolute Gasteiger partial charge is 0.493 e. The van der Waals surface area contributed by atoms with Crippen molar-refractivity contribution in [2.75, 3.05) is 6.61 Å². The molecule has 0 saturated heterocycles. The quantitative estimate of drug-likeness (QED) is 0.841. The van der Waals surface area contributed by atoms with Gasteiger partial charge in [0.15, 0.2) is 0 Å². The second-order valence-corrected chi connectivity index (χ2v) is 4.24. The van der Waals surface area contributed by atoms with Gasteiger partial charge in [-0.1, -0.05) is 31.2 Å². The Morgan fingerprint density at radius 3 is 2.88 bits per heavy atom. The molecule has 2 rings (SSSR count). The second-order valence-electron chi connectivity index (χ2n) is 4.24. The molecule has 0 aliphatic heterocycles. The third-order valence-corrected chi connectivity index (χ3v) is 2.86. The lowest BCUT2D eigenvalue weighted by Crippen LogP contribution is -2.11. The molecule has 2 nitrogen and oxygen atoms in total. The molecule has 86 valence electrons. The standard InChI is InChI=1S/C14H19NO/c1-2-9-16-14-6-4-3-5-13(14)11-7-8-12(15)10-11/h3-6,10,12H,2,7-9,15H2,1H3. The maximum Gasteiger partial charge on any atom is 0.126 e. The summed E-state index contributed by atoms with van der Waals surface area (Å²) in [5.74, 6) is 0.990. The van der Waals surface area contributed by atoms with E-state index in [9.17, 15) is 0 Å². The van der Waals surface area contributed by atoms with Crippen molar-refractivity contribution in [3.63, 3.8) is 0 Å². The number of nitrogens with two attached hydrogens (primary N) is 1. The predicted octanol–water partition coefficient (Wildman–Crippen LogP) is 2.98. The molecule has 0 spiro atoms. The summed E-state index contributed by atoms with van der Waals surface area (Å²) >= 11 is 0. The van der Waals surface area contributed by atoms with Gasteiger partial charge in [0.2, 0.25) is 0 Å². The molecular formula is C14H19NO. The van der Waals surface area contributed by atoms with Crippen LogP contribution in [0.5, 0.6) is 5.75 Å². The van der Waals surface area contributed by atoms with Crippen LogP contribution in [0.25, 0.3) is 5.57 Å². The summed E-state index contributed by atoms with van der Waals surface area (Å²) in [6, 6.07) is 8.45. The molecular weight excluding hydrogens is 198 g/mol. The summed E-state index contributed by atoms with van der Waals surface area (Å²) in [4.78, 5) is 0. The number of hydrogen-bond acceptors (Lipinski definition) is 2. The minimum absolute atomic E-state index is 0.217. The van der Waals surface area contributed by atoms with E-state index in [-0.39, 0.29) is 6.04 Å². The maximum absolute atomic E-state index is 5.90. The van der Waals surface area contributed by atoms with Gasteiger partial charge < -0.3 is 10.5 Å². The SMILES string of the molecule is CCCOc1ccccc1C1=CC(N)CC1. The average Bonchev–Trinajstić information content (AvgIpc) is 2.73. The van der Waals surface area contributed by atoms with Crippen molar-refractivity contribution < 1.29 is 4.74 Å². The molecule has 0 amide bonds. The molecule has 1 aromatic carbocycles. The highest BCUT2D eigenvalue weighted by atomic mass is 16.5. The van der Waals surface area contributed by atoms with Gasteiger partial charge >= 0.3 is 0 Å². The van der Waals surface area contributed by atoms with E-state index in [1.54, 1.807) is 0 Å². The van der Waals surface area contributed by atoms with Crippen LogP contribution in [-0.2, 0) is 0 Å². The number of ether oxygens (including phenoxy) is 1. The number of allylic oxidation sites excluding steroid dienone is 1. The first-order valence-corrected chi connectivity index (χ1v) is 5.99. The molecule has 0 radical (unpaired) electrons. The van der Waals surface area contributed by atoms with Gasteiger partial charge in [0.1, 0.15) is 5.75 Å². The lowest BCUT2D eigenvalue weighted by atomic mass is 10.0. The molecule has 0 saturated carbocycles. The van der Waals surface area contributed by atoms with Crippen molar-refractivity contribution in [3.05, 3.63) is 35.9 Å². The third kappa shape index (κ3) is 2.45. The van der Waals surface area contributed by atoms with Gasteiger partial charge in [-0.2, -0.15) is 0 Å². The van der Waals surface area contributed by atoms with Gasteiger partial charge in [-0.15, -0.1) is 0 Å². The lowest BCUT2D eigenvalue weighted by Gasteiger charge is -2.11. The highest BCUT2D eigenvalue weighted by Crippen LogP contribution is 2.33. The first kappa shape index (κ1) is 11.2. The first-order chi connectivity index (χ1) is 7.81. The van der Waals surface area contributed by atoms with Crippen LogP contribution in [-0.4, -0.2) is 12.6 Å². The topological polar surface area (TPSA) is 35.2 Å². The monoisotopic (exact) mass is 217 g/mol. The number of para-hydroxylation sites is 1. The molecule has 1 aromatic rings. The normalized spacial score (nSPS) is 19.6. The van der Waals surface area contributed by atoms with E-state index in [4.69, 9.17) is 10.5 Å². The molecule has 0 bridgehead atoms. The van der Waals surface area contributed by atoms with Gasteiger partial charge in [-0.25, -0.2) is 0 Å². The Bertz CT molecular complexity index is 384. The van der Waals surface area contributed by atoms with E-state index in [1.165, 1.54) is 11.1 Å². The summed E-state index contributed by atoms with van der Waals surface area (Å²) in [5, 5.41) is 0. The highest BCUT2D eigenvalue weighted by molar-refractivity contribution is 5.72. The number of hydrogen-bond donors (Lipinski definition) is 1. The van der Waals surface area contributed by atoms with E-state index in [2.05, 4.69) is 25.1 Å². The van der Waals surface area contributed by atoms with Crippen LogP contribution in [0, 0.1) is 0 Å². The van der Waals surface area contributed by atoms with Crippen molar-refractivity contribution in [1.29, 1.82) is 0 Å². The molecule has 16 heavy (non-hydrogen) atoms. The maximum atomic E-state index is 5.90. The fourth-order valence-corrected chi connectivity index (χ4v) is 2.04. The summed E-state index contributed by atoms with van der Waals surface area (Å²) in [7, 11) is 0. The molecule has 1 atom stereocenters. The Labute approximate surface area is 97.1 Å². The predicted molar refractivity (Wildman–Crippen MR) is 67.4 cm³/mol. The van der Waals surface area contributed by atoms with Crippen LogP contribution in [0.1, 0.15) is 31.7 Å². The minimum atomic E-state index is 0.217. The summed E-state index contributed by atoms with van der Waals surface area (Å²) < 4.78 is 5.75. The van der Waals surface area contributed by atoms with Crippen LogP contribution in [0.3, 0.4) is 0 Å². The van der Waals surface area contributed by atoms with Gasteiger partial charge in [0, 0.05) is 11.6 Å². The fourth-order valence-electron chi connectivity index (χ4n) is 2.04. The van der Waals surface area contributed by atoms with E-state index < -0.39 is 0 Å². The summed E-state index contributed by atoms with van der Waals surface area (Å²) in [6.45, 7) is 2.89. The third-order valence-electron chi connectivity index (χ3n) is 2.86. The van der Waals surface area contributed by atoms with Crippen molar-refractivity contribution in [3.8, 4) is 5.75 Å². The van der Waals surface area contributed by atoms with Crippen molar-refractivity contribution in [2.24, 2.45) is 5.73 Å². The van der Waals surface area contributed by atoms with Crippen LogP contribution < -0.4 is 10.5 Å². The number of benzene rings is 1. The first-order valence-electron chi connectivity index (χ1n) is 5.99. The van der Waals surface area contributed by atoms with Crippen LogP contribution in [0.15, 0.2) is 30.3 Å². The zero-order valence-corrected chi connectivity index (χ0v) is 9.78. The minimum Gasteiger partial charge on any atom is -0.493 e. The number of rotatable bonds is 4. The fraction of sp³-hybridized carbons (Fsp3) is 0.429. The van der Waals surface area contributed by atoms with Crippen LogP contribution in [0.4, 0.5) is 0 Å². The average molecular weight is 217 g/mol. The second kappa shape index (κ2) is 5.17. The Morgan fingerprint density at radius 1 is 1.38 bits per heavy atom. The van der Waals surface area contributed by atoms with Crippen LogP contribution >= 0.6 is 0 Å². The lowest BCUT2D eigenvalue weighted by molar-refractivity contribution is 0.316. The molecule has 2 N–H and O–H groups in total. The molecule has 2 heteroatoms. The zero-order chi connectivity index (χ0) is 11.4. The van der Waals surface area contributed by atoms with Crippen molar-refractivity contribution >= 4 is 5.57 Å².